The molecule has 0 unspecified atom stereocenters. The molecule has 0 saturated carbocycles. The minimum Gasteiger partial charge on any atom is -0.385 e. The Morgan fingerprint density at radius 3 is 2.59 bits per heavy atom. The molecule has 1 fully saturated rings. The van der Waals surface area contributed by atoms with Gasteiger partial charge < -0.3 is 20.5 Å². The van der Waals surface area contributed by atoms with Crippen LogP contribution in [0.1, 0.15) is 41.1 Å². The van der Waals surface area contributed by atoms with Crippen molar-refractivity contribution in [2.75, 3.05) is 18.4 Å². The van der Waals surface area contributed by atoms with Crippen molar-refractivity contribution in [3.63, 3.8) is 0 Å². The maximum atomic E-state index is 5.74. The molecule has 2 atom stereocenters. The molecular formula is C23H27N5S. The predicted octanol–water partition coefficient (Wildman–Crippen LogP) is 4.50. The van der Waals surface area contributed by atoms with E-state index in [1.54, 1.807) is 0 Å². The number of nitrogens with one attached hydrogen (secondary N) is 3. The summed E-state index contributed by atoms with van der Waals surface area (Å²) in [6.07, 6.45) is 2.84. The molecule has 0 radical (unpaired) electrons. The number of hydrogen-bond acceptors (Lipinski definition) is 3. The number of benzene rings is 1. The van der Waals surface area contributed by atoms with Gasteiger partial charge in [-0.25, -0.2) is 0 Å². The Morgan fingerprint density at radius 2 is 1.90 bits per heavy atom. The van der Waals surface area contributed by atoms with Crippen LogP contribution in [0.5, 0.6) is 0 Å². The van der Waals surface area contributed by atoms with E-state index in [1.807, 2.05) is 36.5 Å². The fourth-order valence-corrected chi connectivity index (χ4v) is 4.41. The van der Waals surface area contributed by atoms with Gasteiger partial charge in [-0.3, -0.25) is 4.98 Å². The van der Waals surface area contributed by atoms with Crippen molar-refractivity contribution in [2.24, 2.45) is 0 Å². The first-order valence-electron chi connectivity index (χ1n) is 10.1. The summed E-state index contributed by atoms with van der Waals surface area (Å²) in [5, 5.41) is 7.81. The summed E-state index contributed by atoms with van der Waals surface area (Å²) in [4.78, 5) is 10.4. The summed E-state index contributed by atoms with van der Waals surface area (Å²) < 4.78 is 0. The minimum absolute atomic E-state index is 0.0414. The van der Waals surface area contributed by atoms with Crippen molar-refractivity contribution in [2.45, 2.75) is 32.4 Å². The smallest absolute Gasteiger partial charge is 0.170 e. The SMILES string of the molecule is Cc1cc([C@@H]2[C@@H](c3ccccn3)NC(=S)N2CCCNc2ccccc2)c(C)[nH]1. The van der Waals surface area contributed by atoms with E-state index >= 15 is 0 Å². The summed E-state index contributed by atoms with van der Waals surface area (Å²) in [6, 6.07) is 18.8. The third-order valence-electron chi connectivity index (χ3n) is 5.38. The van der Waals surface area contributed by atoms with Gasteiger partial charge >= 0.3 is 0 Å². The normalized spacial score (nSPS) is 18.7. The van der Waals surface area contributed by atoms with Gasteiger partial charge in [0.15, 0.2) is 5.11 Å². The first-order chi connectivity index (χ1) is 14.1. The first-order valence-corrected chi connectivity index (χ1v) is 10.5. The maximum Gasteiger partial charge on any atom is 0.170 e. The van der Waals surface area contributed by atoms with E-state index in [4.69, 9.17) is 12.2 Å². The van der Waals surface area contributed by atoms with Gasteiger partial charge in [0.05, 0.1) is 17.8 Å². The predicted molar refractivity (Wildman–Crippen MR) is 122 cm³/mol. The highest BCUT2D eigenvalue weighted by atomic mass is 32.1. The van der Waals surface area contributed by atoms with E-state index in [0.29, 0.717) is 0 Å². The Hall–Kier alpha value is -2.86. The molecule has 6 heteroatoms. The van der Waals surface area contributed by atoms with Crippen molar-refractivity contribution < 1.29 is 0 Å². The summed E-state index contributed by atoms with van der Waals surface area (Å²) in [7, 11) is 0. The second kappa shape index (κ2) is 8.66. The molecule has 1 saturated heterocycles. The number of H-pyrrole nitrogens is 1. The van der Waals surface area contributed by atoms with E-state index in [1.165, 1.54) is 17.0 Å². The van der Waals surface area contributed by atoms with Crippen molar-refractivity contribution in [3.8, 4) is 0 Å². The zero-order valence-corrected chi connectivity index (χ0v) is 17.7. The lowest BCUT2D eigenvalue weighted by atomic mass is 9.96. The third kappa shape index (κ3) is 4.27. The van der Waals surface area contributed by atoms with Gasteiger partial charge in [-0.2, -0.15) is 0 Å². The monoisotopic (exact) mass is 405 g/mol. The van der Waals surface area contributed by atoms with Crippen molar-refractivity contribution in [3.05, 3.63) is 83.4 Å². The van der Waals surface area contributed by atoms with Crippen molar-refractivity contribution in [1.29, 1.82) is 0 Å². The van der Waals surface area contributed by atoms with E-state index < -0.39 is 0 Å². The van der Waals surface area contributed by atoms with Crippen molar-refractivity contribution in [1.82, 2.24) is 20.2 Å². The number of nitrogens with zero attached hydrogens (tertiary/aromatic N) is 2. The summed E-state index contributed by atoms with van der Waals surface area (Å²) in [5.41, 5.74) is 5.80. The van der Waals surface area contributed by atoms with E-state index in [9.17, 15) is 0 Å². The zero-order chi connectivity index (χ0) is 20.2. The molecule has 0 aliphatic carbocycles. The Morgan fingerprint density at radius 1 is 1.10 bits per heavy atom. The highest BCUT2D eigenvalue weighted by Crippen LogP contribution is 2.40. The summed E-state index contributed by atoms with van der Waals surface area (Å²) in [6.45, 7) is 6.01. The van der Waals surface area contributed by atoms with E-state index in [-0.39, 0.29) is 12.1 Å². The van der Waals surface area contributed by atoms with Crippen molar-refractivity contribution >= 4 is 23.0 Å². The molecule has 3 aromatic rings. The van der Waals surface area contributed by atoms with Crippen LogP contribution in [-0.4, -0.2) is 33.1 Å². The Labute approximate surface area is 177 Å². The Balaban J connectivity index is 1.52. The number of thiocarbonyl (C=S) groups is 1. The quantitative estimate of drug-likeness (QED) is 0.399. The lowest BCUT2D eigenvalue weighted by Gasteiger charge is -2.28. The first kappa shape index (κ1) is 19.5. The van der Waals surface area contributed by atoms with E-state index in [2.05, 4.69) is 63.6 Å². The van der Waals surface area contributed by atoms with Crippen LogP contribution in [0.25, 0.3) is 0 Å². The topological polar surface area (TPSA) is 56.0 Å². The second-order valence-electron chi connectivity index (χ2n) is 7.50. The van der Waals surface area contributed by atoms with Crippen LogP contribution in [0.3, 0.4) is 0 Å². The summed E-state index contributed by atoms with van der Waals surface area (Å²) >= 11 is 5.74. The number of aromatic nitrogens is 2. The number of anilines is 1. The largest absolute Gasteiger partial charge is 0.385 e. The molecule has 3 heterocycles. The zero-order valence-electron chi connectivity index (χ0n) is 16.9. The molecule has 1 aromatic carbocycles. The molecule has 1 aliphatic rings. The van der Waals surface area contributed by atoms with Crippen LogP contribution in [-0.2, 0) is 0 Å². The fraction of sp³-hybridized carbons (Fsp3) is 0.304. The lowest BCUT2D eigenvalue weighted by molar-refractivity contribution is 0.315. The van der Waals surface area contributed by atoms with Gasteiger partial charge in [-0.05, 0) is 68.4 Å². The molecule has 2 aromatic heterocycles. The number of para-hydroxylation sites is 1. The Bertz CT molecular complexity index is 954. The molecular weight excluding hydrogens is 378 g/mol. The summed E-state index contributed by atoms with van der Waals surface area (Å²) in [5.74, 6) is 0. The Kier molecular flexibility index (Phi) is 5.81. The molecule has 5 nitrogen and oxygen atoms in total. The molecule has 4 rings (SSSR count). The highest BCUT2D eigenvalue weighted by molar-refractivity contribution is 7.80. The lowest BCUT2D eigenvalue weighted by Crippen LogP contribution is -2.31. The number of pyridine rings is 1. The van der Waals surface area contributed by atoms with Gasteiger partial charge in [-0.15, -0.1) is 0 Å². The number of hydrogen-bond donors (Lipinski definition) is 3. The fourth-order valence-electron chi connectivity index (χ4n) is 4.08. The average molecular weight is 406 g/mol. The molecule has 3 N–H and O–H groups in total. The average Bonchev–Trinajstić information content (AvgIpc) is 3.24. The molecule has 150 valence electrons. The molecule has 0 bridgehead atoms. The number of aromatic amines is 1. The van der Waals surface area contributed by atoms with Crippen LogP contribution in [0.15, 0.2) is 60.8 Å². The molecule has 29 heavy (non-hydrogen) atoms. The van der Waals surface area contributed by atoms with Crippen LogP contribution < -0.4 is 10.6 Å². The molecule has 0 spiro atoms. The van der Waals surface area contributed by atoms with E-state index in [0.717, 1.165) is 36.0 Å². The van der Waals surface area contributed by atoms with Gasteiger partial charge in [-0.1, -0.05) is 24.3 Å². The van der Waals surface area contributed by atoms with Crippen LogP contribution in [0.2, 0.25) is 0 Å². The third-order valence-corrected chi connectivity index (χ3v) is 5.74. The van der Waals surface area contributed by atoms with Crippen LogP contribution in [0, 0.1) is 13.8 Å². The van der Waals surface area contributed by atoms with Crippen LogP contribution in [0.4, 0.5) is 5.69 Å². The highest BCUT2D eigenvalue weighted by Gasteiger charge is 2.40. The number of aryl methyl sites for hydroxylation is 2. The van der Waals surface area contributed by atoms with Gasteiger partial charge in [0, 0.05) is 36.4 Å². The van der Waals surface area contributed by atoms with Gasteiger partial charge in [0.2, 0.25) is 0 Å². The standard InChI is InChI=1S/C23H27N5S/c1-16-15-19(17(2)26-16)22-21(20-11-6-7-12-25-20)27-23(29)28(22)14-8-13-24-18-9-4-3-5-10-18/h3-7,9-12,15,21-22,24,26H,8,13-14H2,1-2H3,(H,27,29)/t21-,22-/m1/s1. The van der Waals surface area contributed by atoms with Crippen LogP contribution >= 0.6 is 12.2 Å². The van der Waals surface area contributed by atoms with Gasteiger partial charge in [0.25, 0.3) is 0 Å². The second-order valence-corrected chi connectivity index (χ2v) is 7.89. The molecule has 0 amide bonds. The maximum absolute atomic E-state index is 5.74. The molecule has 1 aliphatic heterocycles. The number of rotatable bonds is 7. The van der Waals surface area contributed by atoms with Gasteiger partial charge in [0.1, 0.15) is 0 Å². The minimum atomic E-state index is 0.0414.